The first kappa shape index (κ1) is 16.8. The highest BCUT2D eigenvalue weighted by atomic mass is 35.5. The summed E-state index contributed by atoms with van der Waals surface area (Å²) in [6.45, 7) is 6.38. The second-order valence-electron chi connectivity index (χ2n) is 5.86. The maximum absolute atomic E-state index is 8.97. The van der Waals surface area contributed by atoms with Crippen molar-refractivity contribution in [3.63, 3.8) is 0 Å². The van der Waals surface area contributed by atoms with Crippen LogP contribution in [0.25, 0.3) is 0 Å². The van der Waals surface area contributed by atoms with E-state index in [9.17, 15) is 0 Å². The molecule has 0 spiro atoms. The van der Waals surface area contributed by atoms with Gasteiger partial charge in [-0.3, -0.25) is 0 Å². The number of hydrogen-bond acceptors (Lipinski definition) is 3. The zero-order valence-electron chi connectivity index (χ0n) is 12.4. The number of nitrogens with two attached hydrogens (primary N) is 1. The van der Waals surface area contributed by atoms with Crippen LogP contribution in [0.2, 0.25) is 5.02 Å². The number of nitrogens with zero attached hydrogens (tertiary/aromatic N) is 1. The molecule has 1 atom stereocenters. The smallest absolute Gasteiger partial charge is 0.141 e. The van der Waals surface area contributed by atoms with Crippen molar-refractivity contribution in [3.8, 4) is 11.8 Å². The Hall–Kier alpha value is -1.24. The average molecular weight is 295 g/mol. The molecule has 110 valence electrons. The molecule has 0 radical (unpaired) electrons. The standard InChI is InChI=1S/C16H23ClN2O/c1-12(19)10-13-6-4-7-14(17)15(13)20-9-5-8-16(2,3)11-18/h4,6-7,12H,5,8-10,19H2,1-3H3. The third-order valence-corrected chi connectivity index (χ3v) is 3.38. The summed E-state index contributed by atoms with van der Waals surface area (Å²) in [5.74, 6) is 0.723. The van der Waals surface area contributed by atoms with Crippen molar-refractivity contribution < 1.29 is 4.74 Å². The summed E-state index contributed by atoms with van der Waals surface area (Å²) in [4.78, 5) is 0. The molecule has 0 aromatic heterocycles. The van der Waals surface area contributed by atoms with Gasteiger partial charge in [-0.25, -0.2) is 0 Å². The van der Waals surface area contributed by atoms with E-state index in [1.165, 1.54) is 0 Å². The molecule has 1 unspecified atom stereocenters. The molecule has 0 aliphatic heterocycles. The van der Waals surface area contributed by atoms with E-state index in [-0.39, 0.29) is 11.5 Å². The summed E-state index contributed by atoms with van der Waals surface area (Å²) < 4.78 is 5.81. The highest BCUT2D eigenvalue weighted by molar-refractivity contribution is 6.32. The third-order valence-electron chi connectivity index (χ3n) is 3.09. The minimum Gasteiger partial charge on any atom is -0.492 e. The van der Waals surface area contributed by atoms with Crippen LogP contribution < -0.4 is 10.5 Å². The monoisotopic (exact) mass is 294 g/mol. The van der Waals surface area contributed by atoms with Crippen LogP contribution in [0.5, 0.6) is 5.75 Å². The third kappa shape index (κ3) is 5.40. The van der Waals surface area contributed by atoms with Crippen LogP contribution >= 0.6 is 11.6 Å². The number of nitriles is 1. The Balaban J connectivity index is 2.61. The topological polar surface area (TPSA) is 59.0 Å². The highest BCUT2D eigenvalue weighted by Crippen LogP contribution is 2.30. The van der Waals surface area contributed by atoms with Crippen LogP contribution in [0.4, 0.5) is 0 Å². The average Bonchev–Trinajstić information content (AvgIpc) is 2.36. The molecule has 0 aliphatic rings. The molecule has 0 saturated heterocycles. The van der Waals surface area contributed by atoms with Crippen LogP contribution in [-0.4, -0.2) is 12.6 Å². The zero-order chi connectivity index (χ0) is 15.2. The van der Waals surface area contributed by atoms with Gasteiger partial charge in [0.25, 0.3) is 0 Å². The first-order valence-electron chi connectivity index (χ1n) is 6.93. The molecule has 1 aromatic carbocycles. The Bertz CT molecular complexity index is 478. The molecular formula is C16H23ClN2O. The summed E-state index contributed by atoms with van der Waals surface area (Å²) in [7, 11) is 0. The number of hydrogen-bond donors (Lipinski definition) is 1. The Morgan fingerprint density at radius 2 is 2.15 bits per heavy atom. The van der Waals surface area contributed by atoms with Crippen molar-refractivity contribution >= 4 is 11.6 Å². The van der Waals surface area contributed by atoms with Crippen LogP contribution in [0, 0.1) is 16.7 Å². The Morgan fingerprint density at radius 1 is 1.45 bits per heavy atom. The van der Waals surface area contributed by atoms with E-state index < -0.39 is 0 Å². The summed E-state index contributed by atoms with van der Waals surface area (Å²) >= 11 is 6.19. The quantitative estimate of drug-likeness (QED) is 0.775. The van der Waals surface area contributed by atoms with Crippen LogP contribution in [-0.2, 0) is 6.42 Å². The van der Waals surface area contributed by atoms with Gasteiger partial charge in [0.05, 0.1) is 23.1 Å². The Morgan fingerprint density at radius 3 is 2.75 bits per heavy atom. The fraction of sp³-hybridized carbons (Fsp3) is 0.562. The maximum atomic E-state index is 8.97. The highest BCUT2D eigenvalue weighted by Gasteiger charge is 2.16. The van der Waals surface area contributed by atoms with Gasteiger partial charge in [-0.05, 0) is 51.7 Å². The van der Waals surface area contributed by atoms with Gasteiger partial charge in [0.1, 0.15) is 5.75 Å². The Labute approximate surface area is 126 Å². The first-order valence-corrected chi connectivity index (χ1v) is 7.30. The predicted molar refractivity (Wildman–Crippen MR) is 82.9 cm³/mol. The molecule has 3 nitrogen and oxygen atoms in total. The minimum absolute atomic E-state index is 0.0633. The van der Waals surface area contributed by atoms with Gasteiger partial charge < -0.3 is 10.5 Å². The van der Waals surface area contributed by atoms with Gasteiger partial charge in [0.2, 0.25) is 0 Å². The lowest BCUT2D eigenvalue weighted by molar-refractivity contribution is 0.281. The lowest BCUT2D eigenvalue weighted by atomic mass is 9.90. The molecule has 4 heteroatoms. The number of benzene rings is 1. The van der Waals surface area contributed by atoms with Crippen LogP contribution in [0.15, 0.2) is 18.2 Å². The van der Waals surface area contributed by atoms with Crippen molar-refractivity contribution in [2.75, 3.05) is 6.61 Å². The fourth-order valence-electron chi connectivity index (χ4n) is 1.97. The minimum atomic E-state index is -0.307. The summed E-state index contributed by atoms with van der Waals surface area (Å²) in [6, 6.07) is 8.07. The van der Waals surface area contributed by atoms with Crippen molar-refractivity contribution in [3.05, 3.63) is 28.8 Å². The Kier molecular flexibility index (Phi) is 6.32. The van der Waals surface area contributed by atoms with E-state index in [2.05, 4.69) is 6.07 Å². The van der Waals surface area contributed by atoms with E-state index in [0.29, 0.717) is 11.6 Å². The van der Waals surface area contributed by atoms with Gasteiger partial charge in [0, 0.05) is 6.04 Å². The van der Waals surface area contributed by atoms with E-state index in [1.807, 2.05) is 39.0 Å². The zero-order valence-corrected chi connectivity index (χ0v) is 13.2. The SMILES string of the molecule is CC(N)Cc1cccc(Cl)c1OCCCC(C)(C)C#N. The summed E-state index contributed by atoms with van der Waals surface area (Å²) in [5, 5.41) is 9.59. The van der Waals surface area contributed by atoms with Crippen molar-refractivity contribution in [2.24, 2.45) is 11.1 Å². The van der Waals surface area contributed by atoms with Gasteiger partial charge in [-0.15, -0.1) is 0 Å². The molecule has 0 saturated carbocycles. The van der Waals surface area contributed by atoms with Gasteiger partial charge >= 0.3 is 0 Å². The molecule has 20 heavy (non-hydrogen) atoms. The molecule has 0 heterocycles. The molecule has 1 rings (SSSR count). The molecule has 0 aliphatic carbocycles. The second kappa shape index (κ2) is 7.52. The van der Waals surface area contributed by atoms with E-state index in [1.54, 1.807) is 0 Å². The number of halogens is 1. The molecule has 0 fully saturated rings. The van der Waals surface area contributed by atoms with E-state index in [0.717, 1.165) is 30.6 Å². The van der Waals surface area contributed by atoms with E-state index in [4.69, 9.17) is 27.3 Å². The number of ether oxygens (including phenoxy) is 1. The van der Waals surface area contributed by atoms with Gasteiger partial charge in [-0.2, -0.15) is 5.26 Å². The molecule has 1 aromatic rings. The lowest BCUT2D eigenvalue weighted by Crippen LogP contribution is -2.18. The largest absolute Gasteiger partial charge is 0.492 e. The number of rotatable bonds is 7. The predicted octanol–water partition coefficient (Wildman–Crippen LogP) is 3.94. The normalized spacial score (nSPS) is 12.8. The molecule has 2 N–H and O–H groups in total. The van der Waals surface area contributed by atoms with Crippen molar-refractivity contribution in [2.45, 2.75) is 46.1 Å². The number of para-hydroxylation sites is 1. The fourth-order valence-corrected chi connectivity index (χ4v) is 2.22. The summed E-state index contributed by atoms with van der Waals surface area (Å²) in [6.07, 6.45) is 2.36. The molecule has 0 bridgehead atoms. The lowest BCUT2D eigenvalue weighted by Gasteiger charge is -2.17. The van der Waals surface area contributed by atoms with Gasteiger partial charge in [0.15, 0.2) is 0 Å². The molecule has 0 amide bonds. The van der Waals surface area contributed by atoms with Crippen LogP contribution in [0.3, 0.4) is 0 Å². The first-order chi connectivity index (χ1) is 9.35. The van der Waals surface area contributed by atoms with E-state index >= 15 is 0 Å². The summed E-state index contributed by atoms with van der Waals surface area (Å²) in [5.41, 5.74) is 6.57. The van der Waals surface area contributed by atoms with Crippen molar-refractivity contribution in [1.82, 2.24) is 0 Å². The van der Waals surface area contributed by atoms with Crippen LogP contribution in [0.1, 0.15) is 39.2 Å². The van der Waals surface area contributed by atoms with Crippen molar-refractivity contribution in [1.29, 1.82) is 5.26 Å². The van der Waals surface area contributed by atoms with Gasteiger partial charge in [-0.1, -0.05) is 23.7 Å². The second-order valence-corrected chi connectivity index (χ2v) is 6.26. The maximum Gasteiger partial charge on any atom is 0.141 e. The molecular weight excluding hydrogens is 272 g/mol.